The number of ether oxygens (including phenoxy) is 1. The Kier molecular flexibility index (Phi) is 4.57. The van der Waals surface area contributed by atoms with Gasteiger partial charge in [0.25, 0.3) is 0 Å². The summed E-state index contributed by atoms with van der Waals surface area (Å²) in [6, 6.07) is 14.2. The van der Waals surface area contributed by atoms with Crippen molar-refractivity contribution < 1.29 is 19.0 Å². The summed E-state index contributed by atoms with van der Waals surface area (Å²) in [6.45, 7) is 1.44. The van der Waals surface area contributed by atoms with Crippen LogP contribution in [0.15, 0.2) is 48.5 Å². The number of para-hydroxylation sites is 1. The highest BCUT2D eigenvalue weighted by Crippen LogP contribution is 2.31. The highest BCUT2D eigenvalue weighted by Gasteiger charge is 2.26. The Balaban J connectivity index is 1.90. The van der Waals surface area contributed by atoms with Gasteiger partial charge in [0.05, 0.1) is 6.42 Å². The van der Waals surface area contributed by atoms with E-state index in [0.717, 1.165) is 11.3 Å². The standard InChI is InChI=1S/C18H18FNO3/c19-15-7-3-2-6-14(15)17-12-20(10-9-18(21)22)11-13-5-1-4-8-16(13)23-17/h1-8,17H,9-12H2,(H,21,22). The summed E-state index contributed by atoms with van der Waals surface area (Å²) in [4.78, 5) is 12.9. The van der Waals surface area contributed by atoms with Crippen molar-refractivity contribution in [3.05, 3.63) is 65.5 Å². The van der Waals surface area contributed by atoms with Crippen LogP contribution in [0.2, 0.25) is 0 Å². The molecule has 3 rings (SSSR count). The summed E-state index contributed by atoms with van der Waals surface area (Å²) >= 11 is 0. The van der Waals surface area contributed by atoms with Gasteiger partial charge in [-0.15, -0.1) is 0 Å². The quantitative estimate of drug-likeness (QED) is 0.941. The molecule has 2 aromatic rings. The van der Waals surface area contributed by atoms with Crippen LogP contribution in [-0.2, 0) is 11.3 Å². The van der Waals surface area contributed by atoms with Crippen molar-refractivity contribution in [2.75, 3.05) is 13.1 Å². The Morgan fingerprint density at radius 2 is 1.96 bits per heavy atom. The molecule has 0 aromatic heterocycles. The lowest BCUT2D eigenvalue weighted by molar-refractivity contribution is -0.137. The molecule has 1 heterocycles. The van der Waals surface area contributed by atoms with Gasteiger partial charge in [-0.05, 0) is 12.1 Å². The number of carbonyl (C=O) groups is 1. The molecule has 23 heavy (non-hydrogen) atoms. The van der Waals surface area contributed by atoms with Crippen LogP contribution in [-0.4, -0.2) is 29.1 Å². The molecule has 0 spiro atoms. The third-order valence-corrected chi connectivity index (χ3v) is 3.95. The molecule has 5 heteroatoms. The fraction of sp³-hybridized carbons (Fsp3) is 0.278. The number of hydrogen-bond acceptors (Lipinski definition) is 3. The number of carboxylic acid groups (broad SMARTS) is 1. The molecule has 0 aliphatic carbocycles. The molecule has 1 unspecified atom stereocenters. The minimum atomic E-state index is -0.842. The average molecular weight is 315 g/mol. The number of fused-ring (bicyclic) bond motifs is 1. The zero-order chi connectivity index (χ0) is 16.2. The van der Waals surface area contributed by atoms with E-state index in [1.54, 1.807) is 18.2 Å². The maximum atomic E-state index is 14.1. The summed E-state index contributed by atoms with van der Waals surface area (Å²) < 4.78 is 20.2. The van der Waals surface area contributed by atoms with Crippen LogP contribution in [0.4, 0.5) is 4.39 Å². The molecule has 0 saturated carbocycles. The van der Waals surface area contributed by atoms with Crippen LogP contribution in [0.5, 0.6) is 5.75 Å². The lowest BCUT2D eigenvalue weighted by Crippen LogP contribution is -2.30. The first-order valence-electron chi connectivity index (χ1n) is 7.56. The molecule has 0 fully saturated rings. The monoisotopic (exact) mass is 315 g/mol. The Morgan fingerprint density at radius 3 is 2.74 bits per heavy atom. The Hall–Kier alpha value is -2.40. The number of rotatable bonds is 4. The number of halogens is 1. The first-order valence-corrected chi connectivity index (χ1v) is 7.56. The van der Waals surface area contributed by atoms with E-state index in [4.69, 9.17) is 9.84 Å². The van der Waals surface area contributed by atoms with E-state index in [1.165, 1.54) is 6.07 Å². The topological polar surface area (TPSA) is 49.8 Å². The smallest absolute Gasteiger partial charge is 0.304 e. The maximum Gasteiger partial charge on any atom is 0.304 e. The van der Waals surface area contributed by atoms with Crippen LogP contribution < -0.4 is 4.74 Å². The van der Waals surface area contributed by atoms with Gasteiger partial charge in [0.2, 0.25) is 0 Å². The highest BCUT2D eigenvalue weighted by molar-refractivity contribution is 5.66. The molecule has 1 aliphatic heterocycles. The Labute approximate surface area is 134 Å². The summed E-state index contributed by atoms with van der Waals surface area (Å²) in [6.07, 6.45) is -0.416. The van der Waals surface area contributed by atoms with E-state index in [9.17, 15) is 9.18 Å². The molecule has 1 aliphatic rings. The predicted octanol–water partition coefficient (Wildman–Crippen LogP) is 3.24. The van der Waals surface area contributed by atoms with Gasteiger partial charge in [-0.3, -0.25) is 9.69 Å². The van der Waals surface area contributed by atoms with Gasteiger partial charge in [0.1, 0.15) is 17.7 Å². The second-order valence-electron chi connectivity index (χ2n) is 5.61. The van der Waals surface area contributed by atoms with Gasteiger partial charge in [-0.1, -0.05) is 36.4 Å². The molecular weight excluding hydrogens is 297 g/mol. The normalized spacial score (nSPS) is 17.9. The minimum Gasteiger partial charge on any atom is -0.484 e. The van der Waals surface area contributed by atoms with Crippen LogP contribution in [0.3, 0.4) is 0 Å². The Bertz CT molecular complexity index is 704. The van der Waals surface area contributed by atoms with Crippen LogP contribution in [0, 0.1) is 5.82 Å². The number of nitrogens with zero attached hydrogens (tertiary/aromatic N) is 1. The zero-order valence-electron chi connectivity index (χ0n) is 12.6. The molecule has 0 amide bonds. The van der Waals surface area contributed by atoms with E-state index in [2.05, 4.69) is 0 Å². The van der Waals surface area contributed by atoms with Crippen LogP contribution in [0.25, 0.3) is 0 Å². The van der Waals surface area contributed by atoms with Crippen molar-refractivity contribution in [3.63, 3.8) is 0 Å². The van der Waals surface area contributed by atoms with Crippen molar-refractivity contribution in [2.45, 2.75) is 19.1 Å². The SMILES string of the molecule is O=C(O)CCN1Cc2ccccc2OC(c2ccccc2F)C1. The van der Waals surface area contributed by atoms with E-state index in [1.807, 2.05) is 29.2 Å². The van der Waals surface area contributed by atoms with Crippen LogP contribution >= 0.6 is 0 Å². The van der Waals surface area contributed by atoms with Gasteiger partial charge >= 0.3 is 5.97 Å². The minimum absolute atomic E-state index is 0.0478. The van der Waals surface area contributed by atoms with E-state index < -0.39 is 12.1 Å². The zero-order valence-corrected chi connectivity index (χ0v) is 12.6. The molecule has 1 N–H and O–H groups in total. The summed E-state index contributed by atoms with van der Waals surface area (Å²) in [5.41, 5.74) is 1.47. The lowest BCUT2D eigenvalue weighted by atomic mass is 10.1. The van der Waals surface area contributed by atoms with Crippen molar-refractivity contribution in [2.24, 2.45) is 0 Å². The van der Waals surface area contributed by atoms with Crippen molar-refractivity contribution in [1.82, 2.24) is 4.90 Å². The second kappa shape index (κ2) is 6.79. The van der Waals surface area contributed by atoms with Crippen molar-refractivity contribution in [1.29, 1.82) is 0 Å². The molecule has 0 bridgehead atoms. The summed E-state index contributed by atoms with van der Waals surface area (Å²) in [7, 11) is 0. The first-order chi connectivity index (χ1) is 11.1. The van der Waals surface area contributed by atoms with Gasteiger partial charge in [0.15, 0.2) is 0 Å². The number of hydrogen-bond donors (Lipinski definition) is 1. The van der Waals surface area contributed by atoms with Crippen molar-refractivity contribution >= 4 is 5.97 Å². The van der Waals surface area contributed by atoms with Gasteiger partial charge in [-0.25, -0.2) is 4.39 Å². The molecule has 0 radical (unpaired) electrons. The molecule has 0 saturated heterocycles. The third-order valence-electron chi connectivity index (χ3n) is 3.95. The van der Waals surface area contributed by atoms with Gasteiger partial charge in [0, 0.05) is 30.8 Å². The largest absolute Gasteiger partial charge is 0.484 e. The van der Waals surface area contributed by atoms with Crippen LogP contribution in [0.1, 0.15) is 23.7 Å². The Morgan fingerprint density at radius 1 is 1.22 bits per heavy atom. The fourth-order valence-electron chi connectivity index (χ4n) is 2.80. The van der Waals surface area contributed by atoms with Crippen molar-refractivity contribution in [3.8, 4) is 5.75 Å². The van der Waals surface area contributed by atoms with E-state index in [-0.39, 0.29) is 12.2 Å². The van der Waals surface area contributed by atoms with E-state index in [0.29, 0.717) is 25.2 Å². The average Bonchev–Trinajstić information content (AvgIpc) is 2.72. The molecule has 1 atom stereocenters. The fourth-order valence-corrected chi connectivity index (χ4v) is 2.80. The summed E-state index contributed by atoms with van der Waals surface area (Å²) in [5.74, 6) is -0.431. The van der Waals surface area contributed by atoms with E-state index >= 15 is 0 Å². The number of carboxylic acids is 1. The predicted molar refractivity (Wildman–Crippen MR) is 83.7 cm³/mol. The number of benzene rings is 2. The van der Waals surface area contributed by atoms with Gasteiger partial charge < -0.3 is 9.84 Å². The first kappa shape index (κ1) is 15.5. The summed E-state index contributed by atoms with van der Waals surface area (Å²) in [5, 5.41) is 8.92. The lowest BCUT2D eigenvalue weighted by Gasteiger charge is -2.23. The molecule has 2 aromatic carbocycles. The molecular formula is C18H18FNO3. The third kappa shape index (κ3) is 3.68. The number of aliphatic carboxylic acids is 1. The second-order valence-corrected chi connectivity index (χ2v) is 5.61. The van der Waals surface area contributed by atoms with Gasteiger partial charge in [-0.2, -0.15) is 0 Å². The molecule has 4 nitrogen and oxygen atoms in total. The molecule has 120 valence electrons. The highest BCUT2D eigenvalue weighted by atomic mass is 19.1. The maximum absolute atomic E-state index is 14.1.